The van der Waals surface area contributed by atoms with Gasteiger partial charge in [-0.3, -0.25) is 13.8 Å². The molecular formula is C20H20ClN5O3S. The standard InChI is InChI=1S/C20H20ClN5O3S/c1-2-26-17(11-13-3-7-15(21)8-4-13)24-25-20(26)30(29)12-18(27)23-16-9-5-14(6-10-16)19(22)28/h3-10H,2,11-12H2,1H3,(H2,22,28)(H,23,27)/t30-/m1/s1. The van der Waals surface area contributed by atoms with Crippen molar-refractivity contribution in [2.75, 3.05) is 11.1 Å². The van der Waals surface area contributed by atoms with Crippen LogP contribution >= 0.6 is 11.6 Å². The van der Waals surface area contributed by atoms with Gasteiger partial charge < -0.3 is 15.6 Å². The number of primary amides is 1. The summed E-state index contributed by atoms with van der Waals surface area (Å²) < 4.78 is 14.5. The Bertz CT molecular complexity index is 1080. The zero-order valence-corrected chi connectivity index (χ0v) is 17.7. The maximum Gasteiger partial charge on any atom is 0.248 e. The van der Waals surface area contributed by atoms with Gasteiger partial charge in [0.2, 0.25) is 17.0 Å². The predicted molar refractivity (Wildman–Crippen MR) is 115 cm³/mol. The number of hydrogen-bond acceptors (Lipinski definition) is 5. The maximum atomic E-state index is 12.7. The summed E-state index contributed by atoms with van der Waals surface area (Å²) in [5, 5.41) is 11.7. The highest BCUT2D eigenvalue weighted by atomic mass is 35.5. The lowest BCUT2D eigenvalue weighted by Crippen LogP contribution is -2.21. The lowest BCUT2D eigenvalue weighted by molar-refractivity contribution is -0.113. The van der Waals surface area contributed by atoms with Crippen molar-refractivity contribution >= 4 is 39.9 Å². The van der Waals surface area contributed by atoms with E-state index in [1.54, 1.807) is 28.8 Å². The first-order chi connectivity index (χ1) is 14.4. The van der Waals surface area contributed by atoms with E-state index in [9.17, 15) is 13.8 Å². The van der Waals surface area contributed by atoms with Crippen molar-refractivity contribution < 1.29 is 13.8 Å². The number of halogens is 1. The average molecular weight is 446 g/mol. The Labute approximate surface area is 180 Å². The van der Waals surface area contributed by atoms with Crippen molar-refractivity contribution in [1.82, 2.24) is 14.8 Å². The number of aromatic nitrogens is 3. The Morgan fingerprint density at radius 2 is 1.77 bits per heavy atom. The van der Waals surface area contributed by atoms with Crippen molar-refractivity contribution in [3.05, 3.63) is 70.5 Å². The fourth-order valence-electron chi connectivity index (χ4n) is 2.82. The van der Waals surface area contributed by atoms with Crippen molar-refractivity contribution in [2.45, 2.75) is 25.0 Å². The number of nitrogens with zero attached hydrogens (tertiary/aromatic N) is 3. The molecule has 3 rings (SSSR count). The van der Waals surface area contributed by atoms with Crippen LogP contribution in [-0.4, -0.2) is 36.5 Å². The molecule has 0 fully saturated rings. The Balaban J connectivity index is 1.67. The molecule has 0 bridgehead atoms. The van der Waals surface area contributed by atoms with E-state index in [0.717, 1.165) is 5.56 Å². The third-order valence-corrected chi connectivity index (χ3v) is 5.79. The highest BCUT2D eigenvalue weighted by molar-refractivity contribution is 7.85. The van der Waals surface area contributed by atoms with E-state index in [2.05, 4.69) is 15.5 Å². The first-order valence-electron chi connectivity index (χ1n) is 9.12. The molecule has 3 N–H and O–H groups in total. The molecule has 2 aromatic carbocycles. The predicted octanol–water partition coefficient (Wildman–Crippen LogP) is 2.39. The Hall–Kier alpha value is -3.04. The smallest absolute Gasteiger partial charge is 0.248 e. The molecule has 0 aliphatic carbocycles. The molecule has 1 heterocycles. The van der Waals surface area contributed by atoms with E-state index >= 15 is 0 Å². The Morgan fingerprint density at radius 3 is 2.37 bits per heavy atom. The number of nitrogens with one attached hydrogen (secondary N) is 1. The molecule has 3 aromatic rings. The van der Waals surface area contributed by atoms with Gasteiger partial charge in [-0.1, -0.05) is 23.7 Å². The monoisotopic (exact) mass is 445 g/mol. The molecule has 0 unspecified atom stereocenters. The average Bonchev–Trinajstić information content (AvgIpc) is 3.12. The highest BCUT2D eigenvalue weighted by Crippen LogP contribution is 2.15. The maximum absolute atomic E-state index is 12.7. The number of benzene rings is 2. The zero-order chi connectivity index (χ0) is 21.7. The lowest BCUT2D eigenvalue weighted by atomic mass is 10.1. The van der Waals surface area contributed by atoms with E-state index in [-0.39, 0.29) is 10.9 Å². The second-order valence-corrected chi connectivity index (χ2v) is 8.21. The summed E-state index contributed by atoms with van der Waals surface area (Å²) in [5.41, 5.74) is 7.00. The Morgan fingerprint density at radius 1 is 1.10 bits per heavy atom. The van der Waals surface area contributed by atoms with Gasteiger partial charge in [0, 0.05) is 29.2 Å². The first-order valence-corrected chi connectivity index (χ1v) is 10.8. The summed E-state index contributed by atoms with van der Waals surface area (Å²) in [4.78, 5) is 23.4. The van der Waals surface area contributed by atoms with Gasteiger partial charge >= 0.3 is 0 Å². The van der Waals surface area contributed by atoms with E-state index in [1.807, 2.05) is 19.1 Å². The van der Waals surface area contributed by atoms with Crippen LogP contribution in [0.15, 0.2) is 53.7 Å². The molecule has 0 spiro atoms. The summed E-state index contributed by atoms with van der Waals surface area (Å²) in [6.07, 6.45) is 0.508. The number of rotatable bonds is 8. The van der Waals surface area contributed by atoms with E-state index in [1.165, 1.54) is 12.1 Å². The second kappa shape index (κ2) is 9.64. The van der Waals surface area contributed by atoms with Crippen LogP contribution in [0, 0.1) is 0 Å². The molecule has 1 atom stereocenters. The SMILES string of the molecule is CCn1c(Cc2ccc(Cl)cc2)nnc1[S@](=O)CC(=O)Nc1ccc(C(N)=O)cc1. The normalized spacial score (nSPS) is 11.8. The van der Waals surface area contributed by atoms with E-state index in [0.29, 0.717) is 35.1 Å². The van der Waals surface area contributed by atoms with Crippen LogP contribution in [0.5, 0.6) is 0 Å². The number of carbonyl (C=O) groups excluding carboxylic acids is 2. The molecule has 2 amide bonds. The zero-order valence-electron chi connectivity index (χ0n) is 16.2. The minimum absolute atomic E-state index is 0.251. The van der Waals surface area contributed by atoms with Gasteiger partial charge in [-0.25, -0.2) is 0 Å². The number of amides is 2. The number of hydrogen-bond donors (Lipinski definition) is 2. The number of anilines is 1. The fourth-order valence-corrected chi connectivity index (χ4v) is 4.00. The minimum Gasteiger partial charge on any atom is -0.366 e. The quantitative estimate of drug-likeness (QED) is 0.551. The van der Waals surface area contributed by atoms with Crippen LogP contribution in [0.2, 0.25) is 5.02 Å². The molecule has 8 nitrogen and oxygen atoms in total. The summed E-state index contributed by atoms with van der Waals surface area (Å²) in [6.45, 7) is 2.42. The Kier molecular flexibility index (Phi) is 6.96. The molecule has 0 aliphatic rings. The van der Waals surface area contributed by atoms with Gasteiger partial charge in [0.15, 0.2) is 0 Å². The van der Waals surface area contributed by atoms with E-state index in [4.69, 9.17) is 17.3 Å². The highest BCUT2D eigenvalue weighted by Gasteiger charge is 2.19. The third-order valence-electron chi connectivity index (χ3n) is 4.30. The third kappa shape index (κ3) is 5.31. The van der Waals surface area contributed by atoms with Crippen LogP contribution in [0.25, 0.3) is 0 Å². The molecule has 0 saturated heterocycles. The minimum atomic E-state index is -1.67. The van der Waals surface area contributed by atoms with Gasteiger partial charge in [-0.05, 0) is 48.9 Å². The van der Waals surface area contributed by atoms with Crippen molar-refractivity contribution in [2.24, 2.45) is 5.73 Å². The topological polar surface area (TPSA) is 120 Å². The van der Waals surface area contributed by atoms with E-state index < -0.39 is 22.6 Å². The summed E-state index contributed by atoms with van der Waals surface area (Å²) in [7, 11) is -1.67. The summed E-state index contributed by atoms with van der Waals surface area (Å²) >= 11 is 5.92. The van der Waals surface area contributed by atoms with Crippen LogP contribution in [0.3, 0.4) is 0 Å². The van der Waals surface area contributed by atoms with Gasteiger partial charge in [0.05, 0.1) is 0 Å². The summed E-state index contributed by atoms with van der Waals surface area (Å²) in [6, 6.07) is 13.5. The first kappa shape index (κ1) is 21.7. The van der Waals surface area contributed by atoms with Crippen LogP contribution in [-0.2, 0) is 28.6 Å². The largest absolute Gasteiger partial charge is 0.366 e. The van der Waals surface area contributed by atoms with Gasteiger partial charge in [-0.15, -0.1) is 10.2 Å². The van der Waals surface area contributed by atoms with Crippen LogP contribution < -0.4 is 11.1 Å². The van der Waals surface area contributed by atoms with Crippen molar-refractivity contribution in [3.8, 4) is 0 Å². The summed E-state index contributed by atoms with van der Waals surface area (Å²) in [5.74, 6) is -0.602. The van der Waals surface area contributed by atoms with Crippen LogP contribution in [0.4, 0.5) is 5.69 Å². The molecule has 0 radical (unpaired) electrons. The molecular weight excluding hydrogens is 426 g/mol. The number of carbonyl (C=O) groups is 2. The van der Waals surface area contributed by atoms with Gasteiger partial charge in [0.1, 0.15) is 22.4 Å². The van der Waals surface area contributed by atoms with Crippen molar-refractivity contribution in [3.63, 3.8) is 0 Å². The van der Waals surface area contributed by atoms with Crippen LogP contribution in [0.1, 0.15) is 28.7 Å². The van der Waals surface area contributed by atoms with Gasteiger partial charge in [0.25, 0.3) is 0 Å². The number of nitrogens with two attached hydrogens (primary N) is 1. The second-order valence-electron chi connectivity index (χ2n) is 6.43. The molecule has 0 saturated carbocycles. The lowest BCUT2D eigenvalue weighted by Gasteiger charge is -2.08. The molecule has 30 heavy (non-hydrogen) atoms. The molecule has 10 heteroatoms. The molecule has 156 valence electrons. The fraction of sp³-hybridized carbons (Fsp3) is 0.200. The molecule has 0 aliphatic heterocycles. The molecule has 1 aromatic heterocycles. The van der Waals surface area contributed by atoms with Gasteiger partial charge in [-0.2, -0.15) is 0 Å². The van der Waals surface area contributed by atoms with Crippen molar-refractivity contribution in [1.29, 1.82) is 0 Å².